The van der Waals surface area contributed by atoms with Crippen LogP contribution in [0.2, 0.25) is 0 Å². The molecule has 1 aromatic heterocycles. The Morgan fingerprint density at radius 1 is 1.22 bits per heavy atom. The second kappa shape index (κ2) is 9.41. The van der Waals surface area contributed by atoms with E-state index in [0.29, 0.717) is 22.8 Å². The predicted molar refractivity (Wildman–Crippen MR) is 136 cm³/mol. The lowest BCUT2D eigenvalue weighted by molar-refractivity contribution is -0.138. The average Bonchev–Trinajstić information content (AvgIpc) is 3.39. The van der Waals surface area contributed by atoms with E-state index in [1.165, 1.54) is 12.1 Å². The molecule has 2 aromatic carbocycles. The van der Waals surface area contributed by atoms with Gasteiger partial charge in [0.25, 0.3) is 0 Å². The number of fused-ring (bicyclic) bond motifs is 2. The van der Waals surface area contributed by atoms with Gasteiger partial charge in [0, 0.05) is 22.8 Å². The van der Waals surface area contributed by atoms with Gasteiger partial charge >= 0.3 is 12.1 Å². The number of aryl methyl sites for hydroxylation is 2. The molecule has 9 heteroatoms. The molecule has 1 aliphatic heterocycles. The van der Waals surface area contributed by atoms with E-state index in [0.717, 1.165) is 50.0 Å². The van der Waals surface area contributed by atoms with E-state index in [-0.39, 0.29) is 18.4 Å². The molecule has 2 unspecified atom stereocenters. The summed E-state index contributed by atoms with van der Waals surface area (Å²) in [6.07, 6.45) is -1.37. The van der Waals surface area contributed by atoms with E-state index in [4.69, 9.17) is 4.74 Å². The third kappa shape index (κ3) is 4.52. The maximum absolute atomic E-state index is 13.3. The van der Waals surface area contributed by atoms with Gasteiger partial charge in [0.1, 0.15) is 6.10 Å². The van der Waals surface area contributed by atoms with Crippen molar-refractivity contribution in [3.8, 4) is 17.0 Å². The molecule has 5 rings (SSSR count). The fourth-order valence-corrected chi connectivity index (χ4v) is 7.33. The number of aliphatic carboxylic acids is 1. The maximum Gasteiger partial charge on any atom is 0.416 e. The molecule has 36 heavy (non-hydrogen) atoms. The Labute approximate surface area is 219 Å². The summed E-state index contributed by atoms with van der Waals surface area (Å²) < 4.78 is 47.0. The van der Waals surface area contributed by atoms with Crippen LogP contribution >= 0.6 is 27.7 Å². The summed E-state index contributed by atoms with van der Waals surface area (Å²) in [5, 5.41) is 9.18. The summed E-state index contributed by atoms with van der Waals surface area (Å²) in [6, 6.07) is 8.32. The van der Waals surface area contributed by atoms with Crippen LogP contribution in [-0.4, -0.2) is 21.8 Å². The molecule has 0 bridgehead atoms. The number of alkyl halides is 3. The molecule has 1 aliphatic carbocycles. The molecule has 0 saturated heterocycles. The second-order valence-corrected chi connectivity index (χ2v) is 11.1. The van der Waals surface area contributed by atoms with Gasteiger partial charge in [0.2, 0.25) is 5.88 Å². The van der Waals surface area contributed by atoms with E-state index < -0.39 is 17.7 Å². The summed E-state index contributed by atoms with van der Waals surface area (Å²) in [5.41, 5.74) is 5.34. The Bertz CT molecular complexity index is 1350. The normalized spacial score (nSPS) is 18.7. The minimum absolute atomic E-state index is 0.0654. The van der Waals surface area contributed by atoms with Crippen LogP contribution in [0.3, 0.4) is 0 Å². The molecule has 1 N–H and O–H groups in total. The number of benzene rings is 2. The van der Waals surface area contributed by atoms with Gasteiger partial charge in [-0.25, -0.2) is 4.98 Å². The number of thioether (sulfide) groups is 1. The van der Waals surface area contributed by atoms with Crippen LogP contribution in [0, 0.1) is 13.8 Å². The predicted octanol–water partition coefficient (Wildman–Crippen LogP) is 7.88. The van der Waals surface area contributed by atoms with Crippen LogP contribution in [0.5, 0.6) is 5.88 Å². The number of halogens is 4. The zero-order valence-corrected chi connectivity index (χ0v) is 22.0. The van der Waals surface area contributed by atoms with E-state index in [1.807, 2.05) is 18.2 Å². The Morgan fingerprint density at radius 2 is 1.94 bits per heavy atom. The van der Waals surface area contributed by atoms with Crippen molar-refractivity contribution in [1.29, 1.82) is 0 Å². The highest BCUT2D eigenvalue weighted by atomic mass is 79.9. The number of carboxylic acid groups (broad SMARTS) is 1. The number of pyridine rings is 1. The molecular formula is C27H23BrF3NO3S. The van der Waals surface area contributed by atoms with Gasteiger partial charge < -0.3 is 9.84 Å². The standard InChI is InChI=1S/C27H23BrF3NO3S/c1-13-8-16(27(29,30)31)9-14(2)23(13)19-5-3-4-18-17(19)6-7-21(18)35-26-24(28)25-20(11-32-26)15(12-36-25)10-22(33)34/h3-5,8-9,11,15,21H,6-7,10,12H2,1-2H3,(H,33,34). The SMILES string of the molecule is Cc1cc(C(F)(F)F)cc(C)c1-c1cccc2c1CCC2Oc1ncc2c(c1Br)SCC2CC(=O)O. The quantitative estimate of drug-likeness (QED) is 0.334. The highest BCUT2D eigenvalue weighted by Gasteiger charge is 2.34. The van der Waals surface area contributed by atoms with Gasteiger partial charge in [0.15, 0.2) is 0 Å². The molecule has 2 heterocycles. The van der Waals surface area contributed by atoms with Gasteiger partial charge in [0.05, 0.1) is 16.5 Å². The highest BCUT2D eigenvalue weighted by Crippen LogP contribution is 2.49. The fraction of sp³-hybridized carbons (Fsp3) is 0.333. The van der Waals surface area contributed by atoms with Crippen LogP contribution in [0.4, 0.5) is 13.2 Å². The van der Waals surface area contributed by atoms with Crippen molar-refractivity contribution in [2.75, 3.05) is 5.75 Å². The van der Waals surface area contributed by atoms with E-state index >= 15 is 0 Å². The van der Waals surface area contributed by atoms with E-state index in [1.54, 1.807) is 31.8 Å². The second-order valence-electron chi connectivity index (χ2n) is 9.27. The van der Waals surface area contributed by atoms with Crippen molar-refractivity contribution in [2.24, 2.45) is 0 Å². The van der Waals surface area contributed by atoms with Crippen molar-refractivity contribution in [3.63, 3.8) is 0 Å². The molecular weight excluding hydrogens is 555 g/mol. The Hall–Kier alpha value is -2.52. The summed E-state index contributed by atoms with van der Waals surface area (Å²) in [4.78, 5) is 16.7. The monoisotopic (exact) mass is 577 g/mol. The Balaban J connectivity index is 1.45. The highest BCUT2D eigenvalue weighted by molar-refractivity contribution is 9.10. The average molecular weight is 578 g/mol. The molecule has 2 atom stereocenters. The zero-order valence-electron chi connectivity index (χ0n) is 19.6. The van der Waals surface area contributed by atoms with Crippen molar-refractivity contribution in [2.45, 2.75) is 56.2 Å². The van der Waals surface area contributed by atoms with Gasteiger partial charge in [-0.2, -0.15) is 13.2 Å². The number of hydrogen-bond acceptors (Lipinski definition) is 4. The molecule has 4 nitrogen and oxygen atoms in total. The zero-order chi connectivity index (χ0) is 25.8. The molecule has 188 valence electrons. The first-order chi connectivity index (χ1) is 17.0. The van der Waals surface area contributed by atoms with Crippen molar-refractivity contribution >= 4 is 33.7 Å². The van der Waals surface area contributed by atoms with Crippen molar-refractivity contribution in [1.82, 2.24) is 4.98 Å². The number of nitrogens with zero attached hydrogens (tertiary/aromatic N) is 1. The first-order valence-electron chi connectivity index (χ1n) is 11.5. The first kappa shape index (κ1) is 25.1. The van der Waals surface area contributed by atoms with Gasteiger partial charge in [-0.05, 0) is 93.7 Å². The molecule has 0 saturated carbocycles. The van der Waals surface area contributed by atoms with Crippen LogP contribution < -0.4 is 4.74 Å². The Morgan fingerprint density at radius 3 is 2.61 bits per heavy atom. The van der Waals surface area contributed by atoms with Crippen molar-refractivity contribution in [3.05, 3.63) is 74.4 Å². The third-order valence-corrected chi connectivity index (χ3v) is 9.15. The van der Waals surface area contributed by atoms with Gasteiger partial charge in [-0.3, -0.25) is 4.79 Å². The minimum atomic E-state index is -4.38. The Kier molecular flexibility index (Phi) is 6.57. The summed E-state index contributed by atoms with van der Waals surface area (Å²) in [7, 11) is 0. The van der Waals surface area contributed by atoms with Crippen molar-refractivity contribution < 1.29 is 27.8 Å². The molecule has 0 amide bonds. The number of ether oxygens (including phenoxy) is 1. The lowest BCUT2D eigenvalue weighted by atomic mass is 9.89. The van der Waals surface area contributed by atoms with Crippen LogP contribution in [0.1, 0.15) is 58.2 Å². The van der Waals surface area contributed by atoms with E-state index in [2.05, 4.69) is 20.9 Å². The number of rotatable bonds is 5. The number of carboxylic acids is 1. The number of hydrogen-bond donors (Lipinski definition) is 1. The molecule has 0 fully saturated rings. The first-order valence-corrected chi connectivity index (χ1v) is 13.3. The lowest BCUT2D eigenvalue weighted by Gasteiger charge is -2.19. The van der Waals surface area contributed by atoms with Gasteiger partial charge in [-0.15, -0.1) is 11.8 Å². The fourth-order valence-electron chi connectivity index (χ4n) is 5.30. The minimum Gasteiger partial charge on any atom is -0.481 e. The molecule has 0 spiro atoms. The number of aromatic nitrogens is 1. The summed E-state index contributed by atoms with van der Waals surface area (Å²) in [5.74, 6) is 0.238. The summed E-state index contributed by atoms with van der Waals surface area (Å²) in [6.45, 7) is 3.45. The van der Waals surface area contributed by atoms with Crippen LogP contribution in [0.25, 0.3) is 11.1 Å². The van der Waals surface area contributed by atoms with E-state index in [9.17, 15) is 23.1 Å². The van der Waals surface area contributed by atoms with Gasteiger partial charge in [-0.1, -0.05) is 18.2 Å². The lowest BCUT2D eigenvalue weighted by Crippen LogP contribution is -2.08. The number of carbonyl (C=O) groups is 1. The largest absolute Gasteiger partial charge is 0.481 e. The van der Waals surface area contributed by atoms with Crippen LogP contribution in [-0.2, 0) is 17.4 Å². The third-order valence-electron chi connectivity index (χ3n) is 6.86. The smallest absolute Gasteiger partial charge is 0.416 e. The molecule has 0 radical (unpaired) electrons. The summed E-state index contributed by atoms with van der Waals surface area (Å²) >= 11 is 5.22. The molecule has 3 aromatic rings. The van der Waals surface area contributed by atoms with Crippen LogP contribution in [0.15, 0.2) is 45.9 Å². The molecule has 2 aliphatic rings. The maximum atomic E-state index is 13.3. The topological polar surface area (TPSA) is 59.4 Å².